The maximum atomic E-state index is 12.0. The second-order valence-corrected chi connectivity index (χ2v) is 4.84. The van der Waals surface area contributed by atoms with Crippen molar-refractivity contribution >= 4 is 5.97 Å². The zero-order valence-corrected chi connectivity index (χ0v) is 11.0. The summed E-state index contributed by atoms with van der Waals surface area (Å²) in [6.07, 6.45) is 2.56. The highest BCUT2D eigenvalue weighted by molar-refractivity contribution is 5.73. The number of ether oxygens (including phenoxy) is 1. The minimum Gasteiger partial charge on any atom is -0.480 e. The van der Waals surface area contributed by atoms with Gasteiger partial charge in [0.25, 0.3) is 0 Å². The average Bonchev–Trinajstić information content (AvgIpc) is 2.41. The summed E-state index contributed by atoms with van der Waals surface area (Å²) >= 11 is 0. The van der Waals surface area contributed by atoms with Crippen molar-refractivity contribution in [2.75, 3.05) is 6.54 Å². The molecule has 1 atom stereocenters. The Bertz CT molecular complexity index is 450. The summed E-state index contributed by atoms with van der Waals surface area (Å²) in [5.41, 5.74) is 0.889. The zero-order chi connectivity index (χ0) is 14.5. The van der Waals surface area contributed by atoms with E-state index in [2.05, 4.69) is 4.74 Å². The maximum absolute atomic E-state index is 12.0. The molecular formula is C14H17F2NO3. The molecule has 1 aliphatic rings. The quantitative estimate of drug-likeness (QED) is 0.903. The van der Waals surface area contributed by atoms with Gasteiger partial charge in [-0.2, -0.15) is 8.78 Å². The van der Waals surface area contributed by atoms with Gasteiger partial charge in [0.05, 0.1) is 0 Å². The fourth-order valence-electron chi connectivity index (χ4n) is 2.47. The van der Waals surface area contributed by atoms with E-state index < -0.39 is 18.6 Å². The van der Waals surface area contributed by atoms with E-state index in [1.807, 2.05) is 4.90 Å². The smallest absolute Gasteiger partial charge is 0.387 e. The Morgan fingerprint density at radius 2 is 2.05 bits per heavy atom. The molecule has 1 heterocycles. The molecule has 6 heteroatoms. The summed E-state index contributed by atoms with van der Waals surface area (Å²) in [4.78, 5) is 13.1. The molecule has 1 saturated heterocycles. The molecule has 1 aromatic carbocycles. The number of carboxylic acids is 1. The molecule has 0 aromatic heterocycles. The minimum atomic E-state index is -2.83. The van der Waals surface area contributed by atoms with Gasteiger partial charge in [-0.1, -0.05) is 18.6 Å². The third-order valence-electron chi connectivity index (χ3n) is 3.43. The van der Waals surface area contributed by atoms with Gasteiger partial charge < -0.3 is 9.84 Å². The Kier molecular flexibility index (Phi) is 4.89. The van der Waals surface area contributed by atoms with Crippen LogP contribution in [0.2, 0.25) is 0 Å². The van der Waals surface area contributed by atoms with E-state index in [1.165, 1.54) is 12.1 Å². The van der Waals surface area contributed by atoms with Crippen molar-refractivity contribution in [3.8, 4) is 5.75 Å². The van der Waals surface area contributed by atoms with Crippen molar-refractivity contribution in [2.45, 2.75) is 38.5 Å². The van der Waals surface area contributed by atoms with Crippen LogP contribution in [0.25, 0.3) is 0 Å². The largest absolute Gasteiger partial charge is 0.480 e. The van der Waals surface area contributed by atoms with Crippen molar-refractivity contribution in [1.82, 2.24) is 4.90 Å². The summed E-state index contributed by atoms with van der Waals surface area (Å²) in [5.74, 6) is -0.695. The van der Waals surface area contributed by atoms with Gasteiger partial charge >= 0.3 is 12.6 Å². The van der Waals surface area contributed by atoms with Gasteiger partial charge in [-0.3, -0.25) is 9.69 Å². The lowest BCUT2D eigenvalue weighted by Gasteiger charge is -2.32. The second-order valence-electron chi connectivity index (χ2n) is 4.84. The number of alkyl halides is 2. The zero-order valence-electron chi connectivity index (χ0n) is 11.0. The molecule has 1 N–H and O–H groups in total. The number of nitrogens with zero attached hydrogens (tertiary/aromatic N) is 1. The summed E-state index contributed by atoms with van der Waals surface area (Å²) < 4.78 is 28.4. The highest BCUT2D eigenvalue weighted by atomic mass is 19.3. The van der Waals surface area contributed by atoms with Crippen LogP contribution in [-0.4, -0.2) is 35.2 Å². The first-order valence-corrected chi connectivity index (χ1v) is 6.57. The van der Waals surface area contributed by atoms with Gasteiger partial charge in [0.15, 0.2) is 0 Å². The van der Waals surface area contributed by atoms with Crippen LogP contribution in [0.5, 0.6) is 5.75 Å². The third kappa shape index (κ3) is 3.90. The molecule has 2 rings (SSSR count). The molecule has 110 valence electrons. The number of aliphatic carboxylic acids is 1. The van der Waals surface area contributed by atoms with E-state index in [4.69, 9.17) is 0 Å². The van der Waals surface area contributed by atoms with E-state index in [0.717, 1.165) is 24.9 Å². The number of likely N-dealkylation sites (tertiary alicyclic amines) is 1. The molecule has 0 spiro atoms. The standard InChI is InChI=1S/C14H17F2NO3/c15-14(16)20-11-6-4-10(5-7-11)9-17-8-2-1-3-12(17)13(18)19/h4-7,12,14H,1-3,8-9H2,(H,18,19). The molecular weight excluding hydrogens is 268 g/mol. The molecule has 0 aliphatic carbocycles. The van der Waals surface area contributed by atoms with Crippen molar-refractivity contribution in [3.05, 3.63) is 29.8 Å². The van der Waals surface area contributed by atoms with Gasteiger partial charge in [0.1, 0.15) is 11.8 Å². The monoisotopic (exact) mass is 285 g/mol. The van der Waals surface area contributed by atoms with Crippen LogP contribution in [0.15, 0.2) is 24.3 Å². The number of rotatable bonds is 5. The Balaban J connectivity index is 1.99. The molecule has 0 radical (unpaired) electrons. The number of carboxylic acid groups (broad SMARTS) is 1. The number of hydrogen-bond donors (Lipinski definition) is 1. The highest BCUT2D eigenvalue weighted by Crippen LogP contribution is 2.21. The lowest BCUT2D eigenvalue weighted by molar-refractivity contribution is -0.144. The Labute approximate surface area is 116 Å². The van der Waals surface area contributed by atoms with Crippen LogP contribution >= 0.6 is 0 Å². The molecule has 1 fully saturated rings. The lowest BCUT2D eigenvalue weighted by atomic mass is 10.0. The van der Waals surface area contributed by atoms with Crippen LogP contribution in [0.1, 0.15) is 24.8 Å². The predicted molar refractivity (Wildman–Crippen MR) is 68.8 cm³/mol. The summed E-state index contributed by atoms with van der Waals surface area (Å²) in [7, 11) is 0. The van der Waals surface area contributed by atoms with Gasteiger partial charge in [-0.25, -0.2) is 0 Å². The molecule has 0 amide bonds. The number of hydrogen-bond acceptors (Lipinski definition) is 3. The fourth-order valence-corrected chi connectivity index (χ4v) is 2.47. The molecule has 1 unspecified atom stereocenters. The first-order chi connectivity index (χ1) is 9.56. The third-order valence-corrected chi connectivity index (χ3v) is 3.43. The SMILES string of the molecule is O=C(O)C1CCCCN1Cc1ccc(OC(F)F)cc1. The van der Waals surface area contributed by atoms with Crippen LogP contribution in [0.4, 0.5) is 8.78 Å². The molecule has 20 heavy (non-hydrogen) atoms. The first-order valence-electron chi connectivity index (χ1n) is 6.57. The van der Waals surface area contributed by atoms with Crippen LogP contribution in [-0.2, 0) is 11.3 Å². The normalized spacial score (nSPS) is 20.1. The Hall–Kier alpha value is -1.69. The maximum Gasteiger partial charge on any atom is 0.387 e. The van der Waals surface area contributed by atoms with Crippen LogP contribution in [0.3, 0.4) is 0 Å². The van der Waals surface area contributed by atoms with Crippen molar-refractivity contribution in [1.29, 1.82) is 0 Å². The molecule has 0 bridgehead atoms. The second kappa shape index (κ2) is 6.65. The number of piperidine rings is 1. The van der Waals surface area contributed by atoms with E-state index in [1.54, 1.807) is 12.1 Å². The summed E-state index contributed by atoms with van der Waals surface area (Å²) in [5, 5.41) is 9.18. The van der Waals surface area contributed by atoms with Gasteiger partial charge in [0, 0.05) is 6.54 Å². The lowest BCUT2D eigenvalue weighted by Crippen LogP contribution is -2.43. The van der Waals surface area contributed by atoms with Crippen LogP contribution < -0.4 is 4.74 Å². The predicted octanol–water partition coefficient (Wildman–Crippen LogP) is 2.73. The van der Waals surface area contributed by atoms with Gasteiger partial charge in [-0.05, 0) is 37.1 Å². The first kappa shape index (κ1) is 14.7. The summed E-state index contributed by atoms with van der Waals surface area (Å²) in [6.45, 7) is -1.59. The van der Waals surface area contributed by atoms with Crippen molar-refractivity contribution < 1.29 is 23.4 Å². The number of halogens is 2. The van der Waals surface area contributed by atoms with Crippen molar-refractivity contribution in [2.24, 2.45) is 0 Å². The van der Waals surface area contributed by atoms with E-state index >= 15 is 0 Å². The molecule has 1 aromatic rings. The molecule has 4 nitrogen and oxygen atoms in total. The van der Waals surface area contributed by atoms with E-state index in [9.17, 15) is 18.7 Å². The van der Waals surface area contributed by atoms with E-state index in [0.29, 0.717) is 13.0 Å². The highest BCUT2D eigenvalue weighted by Gasteiger charge is 2.28. The Morgan fingerprint density at radius 3 is 2.65 bits per heavy atom. The average molecular weight is 285 g/mol. The van der Waals surface area contributed by atoms with Crippen molar-refractivity contribution in [3.63, 3.8) is 0 Å². The minimum absolute atomic E-state index is 0.108. The summed E-state index contributed by atoms with van der Waals surface area (Å²) in [6, 6.07) is 5.86. The Morgan fingerprint density at radius 1 is 1.35 bits per heavy atom. The number of benzene rings is 1. The van der Waals surface area contributed by atoms with Gasteiger partial charge in [-0.15, -0.1) is 0 Å². The van der Waals surface area contributed by atoms with Gasteiger partial charge in [0.2, 0.25) is 0 Å². The van der Waals surface area contributed by atoms with Crippen LogP contribution in [0, 0.1) is 0 Å². The molecule has 0 saturated carbocycles. The fraction of sp³-hybridized carbons (Fsp3) is 0.500. The number of carbonyl (C=O) groups is 1. The van der Waals surface area contributed by atoms with E-state index in [-0.39, 0.29) is 5.75 Å². The molecule has 1 aliphatic heterocycles. The topological polar surface area (TPSA) is 49.8 Å².